The number of rotatable bonds is 7. The highest BCUT2D eigenvalue weighted by Gasteiger charge is 2.34. The Morgan fingerprint density at radius 3 is 2.56 bits per heavy atom. The third kappa shape index (κ3) is 4.26. The summed E-state index contributed by atoms with van der Waals surface area (Å²) < 4.78 is 6.99. The lowest BCUT2D eigenvalue weighted by molar-refractivity contribution is -0.122. The van der Waals surface area contributed by atoms with Gasteiger partial charge in [0.05, 0.1) is 4.91 Å². The van der Waals surface area contributed by atoms with Crippen molar-refractivity contribution in [2.75, 3.05) is 39.3 Å². The van der Waals surface area contributed by atoms with Crippen molar-refractivity contribution < 1.29 is 14.3 Å². The summed E-state index contributed by atoms with van der Waals surface area (Å²) in [7, 11) is 5.60. The Labute approximate surface area is 163 Å². The number of thioether (sulfide) groups is 1. The number of benzene rings is 1. The molecular weight excluding hydrogens is 362 g/mol. The summed E-state index contributed by atoms with van der Waals surface area (Å²) in [4.78, 5) is 28.5. The molecule has 2 amide bonds. The smallest absolute Gasteiger partial charge is 0.293 e. The standard InChI is InChI=1S/C20H23N3O3S/c1-21(2)15-7-9-16(10-8-15)22-11-4-6-17(22)14-18-19(24)23(20(25)27-18)12-5-13-26-3/h4,6-11,14H,5,12-13H2,1-3H3/b18-14+. The van der Waals surface area contributed by atoms with Crippen LogP contribution in [0.15, 0.2) is 47.5 Å². The van der Waals surface area contributed by atoms with Gasteiger partial charge in [-0.05, 0) is 60.7 Å². The van der Waals surface area contributed by atoms with Gasteiger partial charge in [-0.25, -0.2) is 0 Å². The van der Waals surface area contributed by atoms with Gasteiger partial charge in [-0.2, -0.15) is 0 Å². The van der Waals surface area contributed by atoms with E-state index in [0.717, 1.165) is 28.8 Å². The Bertz CT molecular complexity index is 856. The fraction of sp³-hybridized carbons (Fsp3) is 0.300. The van der Waals surface area contributed by atoms with Gasteiger partial charge >= 0.3 is 0 Å². The van der Waals surface area contributed by atoms with Crippen molar-refractivity contribution in [3.8, 4) is 5.69 Å². The van der Waals surface area contributed by atoms with Crippen molar-refractivity contribution in [3.05, 3.63) is 53.2 Å². The van der Waals surface area contributed by atoms with Gasteiger partial charge in [-0.3, -0.25) is 14.5 Å². The molecule has 1 aliphatic rings. The van der Waals surface area contributed by atoms with E-state index < -0.39 is 0 Å². The lowest BCUT2D eigenvalue weighted by atomic mass is 10.2. The number of aromatic nitrogens is 1. The molecule has 1 aromatic heterocycles. The second-order valence-corrected chi connectivity index (χ2v) is 7.39. The first-order valence-electron chi connectivity index (χ1n) is 8.70. The summed E-state index contributed by atoms with van der Waals surface area (Å²) in [5.41, 5.74) is 2.97. The van der Waals surface area contributed by atoms with Crippen LogP contribution in [0.25, 0.3) is 11.8 Å². The van der Waals surface area contributed by atoms with Crippen LogP contribution in [-0.2, 0) is 9.53 Å². The molecular formula is C20H23N3O3S. The molecule has 0 radical (unpaired) electrons. The van der Waals surface area contributed by atoms with Crippen LogP contribution in [0.5, 0.6) is 0 Å². The fourth-order valence-corrected chi connectivity index (χ4v) is 3.70. The number of amides is 2. The summed E-state index contributed by atoms with van der Waals surface area (Å²) in [6.07, 6.45) is 4.36. The van der Waals surface area contributed by atoms with E-state index in [1.54, 1.807) is 13.2 Å². The maximum atomic E-state index is 12.6. The molecule has 0 spiro atoms. The van der Waals surface area contributed by atoms with Crippen molar-refractivity contribution in [3.63, 3.8) is 0 Å². The summed E-state index contributed by atoms with van der Waals surface area (Å²) in [6, 6.07) is 12.0. The molecule has 7 heteroatoms. The number of carbonyl (C=O) groups excluding carboxylic acids is 2. The van der Waals surface area contributed by atoms with E-state index in [2.05, 4.69) is 0 Å². The van der Waals surface area contributed by atoms with Crippen LogP contribution in [0.1, 0.15) is 12.1 Å². The Hall–Kier alpha value is -2.51. The van der Waals surface area contributed by atoms with E-state index >= 15 is 0 Å². The molecule has 1 fully saturated rings. The number of imide groups is 1. The van der Waals surface area contributed by atoms with Gasteiger partial charge in [-0.1, -0.05) is 0 Å². The van der Waals surface area contributed by atoms with Crippen LogP contribution in [-0.4, -0.2) is 55.0 Å². The van der Waals surface area contributed by atoms with E-state index in [-0.39, 0.29) is 11.1 Å². The highest BCUT2D eigenvalue weighted by Crippen LogP contribution is 2.32. The average molecular weight is 385 g/mol. The zero-order valence-electron chi connectivity index (χ0n) is 15.7. The molecule has 0 N–H and O–H groups in total. The third-order valence-corrected chi connectivity index (χ3v) is 5.21. The Kier molecular flexibility index (Phi) is 6.03. The van der Waals surface area contributed by atoms with Crippen molar-refractivity contribution >= 4 is 34.7 Å². The second kappa shape index (κ2) is 8.45. The molecule has 6 nitrogen and oxygen atoms in total. The quantitative estimate of drug-likeness (QED) is 0.538. The monoisotopic (exact) mass is 385 g/mol. The largest absolute Gasteiger partial charge is 0.385 e. The molecule has 1 aliphatic heterocycles. The first-order chi connectivity index (χ1) is 13.0. The van der Waals surface area contributed by atoms with E-state index in [9.17, 15) is 9.59 Å². The van der Waals surface area contributed by atoms with Crippen LogP contribution in [0, 0.1) is 0 Å². The van der Waals surface area contributed by atoms with Crippen LogP contribution in [0.3, 0.4) is 0 Å². The van der Waals surface area contributed by atoms with Crippen LogP contribution in [0.2, 0.25) is 0 Å². The molecule has 0 aliphatic carbocycles. The van der Waals surface area contributed by atoms with Crippen LogP contribution >= 0.6 is 11.8 Å². The summed E-state index contributed by atoms with van der Waals surface area (Å²) >= 11 is 0.986. The van der Waals surface area contributed by atoms with E-state index in [0.29, 0.717) is 24.5 Å². The van der Waals surface area contributed by atoms with Gasteiger partial charge in [0, 0.05) is 57.6 Å². The number of hydrogen-bond acceptors (Lipinski definition) is 5. The number of methoxy groups -OCH3 is 1. The number of anilines is 1. The van der Waals surface area contributed by atoms with Crippen molar-refractivity contribution in [1.29, 1.82) is 0 Å². The van der Waals surface area contributed by atoms with Gasteiger partial charge in [0.25, 0.3) is 11.1 Å². The number of nitrogens with zero attached hydrogens (tertiary/aromatic N) is 3. The summed E-state index contributed by atoms with van der Waals surface area (Å²) in [5.74, 6) is -0.239. The first kappa shape index (κ1) is 19.3. The molecule has 142 valence electrons. The zero-order valence-corrected chi connectivity index (χ0v) is 16.5. The van der Waals surface area contributed by atoms with Gasteiger partial charge in [0.1, 0.15) is 0 Å². The molecule has 0 bridgehead atoms. The SMILES string of the molecule is COCCCN1C(=O)S/C(=C/c2cccn2-c2ccc(N(C)C)cc2)C1=O. The Balaban J connectivity index is 1.81. The zero-order chi connectivity index (χ0) is 19.4. The lowest BCUT2D eigenvalue weighted by Gasteiger charge is -2.14. The molecule has 0 unspecified atom stereocenters. The minimum absolute atomic E-state index is 0.226. The number of ether oxygens (including phenoxy) is 1. The molecule has 27 heavy (non-hydrogen) atoms. The summed E-state index contributed by atoms with van der Waals surface area (Å²) in [6.45, 7) is 0.898. The van der Waals surface area contributed by atoms with Gasteiger partial charge in [0.2, 0.25) is 0 Å². The highest BCUT2D eigenvalue weighted by atomic mass is 32.2. The molecule has 0 atom stereocenters. The van der Waals surface area contributed by atoms with Gasteiger partial charge in [0.15, 0.2) is 0 Å². The first-order valence-corrected chi connectivity index (χ1v) is 9.52. The predicted molar refractivity (Wildman–Crippen MR) is 109 cm³/mol. The molecule has 1 saturated heterocycles. The van der Waals surface area contributed by atoms with Crippen LogP contribution in [0.4, 0.5) is 10.5 Å². The maximum absolute atomic E-state index is 12.6. The van der Waals surface area contributed by atoms with Crippen molar-refractivity contribution in [2.24, 2.45) is 0 Å². The molecule has 2 aromatic rings. The van der Waals surface area contributed by atoms with Crippen molar-refractivity contribution in [2.45, 2.75) is 6.42 Å². The minimum Gasteiger partial charge on any atom is -0.385 e. The normalized spacial score (nSPS) is 15.8. The van der Waals surface area contributed by atoms with Gasteiger partial charge in [-0.15, -0.1) is 0 Å². The highest BCUT2D eigenvalue weighted by molar-refractivity contribution is 8.18. The average Bonchev–Trinajstić information content (AvgIpc) is 3.22. The Morgan fingerprint density at radius 1 is 1.15 bits per heavy atom. The predicted octanol–water partition coefficient (Wildman–Crippen LogP) is 3.62. The Morgan fingerprint density at radius 2 is 1.89 bits per heavy atom. The van der Waals surface area contributed by atoms with Gasteiger partial charge < -0.3 is 14.2 Å². The van der Waals surface area contributed by atoms with E-state index in [1.807, 2.05) is 66.2 Å². The topological polar surface area (TPSA) is 54.8 Å². The number of hydrogen-bond donors (Lipinski definition) is 0. The maximum Gasteiger partial charge on any atom is 0.293 e. The van der Waals surface area contributed by atoms with E-state index in [4.69, 9.17) is 4.74 Å². The molecule has 2 heterocycles. The second-order valence-electron chi connectivity index (χ2n) is 6.39. The van der Waals surface area contributed by atoms with Crippen molar-refractivity contribution in [1.82, 2.24) is 9.47 Å². The minimum atomic E-state index is -0.239. The number of carbonyl (C=O) groups is 2. The fourth-order valence-electron chi connectivity index (χ4n) is 2.85. The summed E-state index contributed by atoms with van der Waals surface area (Å²) in [5, 5.41) is -0.226. The molecule has 1 aromatic carbocycles. The van der Waals surface area contributed by atoms with E-state index in [1.165, 1.54) is 4.90 Å². The third-order valence-electron chi connectivity index (χ3n) is 4.31. The lowest BCUT2D eigenvalue weighted by Crippen LogP contribution is -2.29. The molecule has 3 rings (SSSR count). The molecule has 0 saturated carbocycles. The van der Waals surface area contributed by atoms with Crippen LogP contribution < -0.4 is 4.90 Å².